The Morgan fingerprint density at radius 3 is 2.48 bits per heavy atom. The van der Waals surface area contributed by atoms with E-state index in [0.717, 1.165) is 17.2 Å². The summed E-state index contributed by atoms with van der Waals surface area (Å²) in [7, 11) is 1.19. The molecule has 1 fully saturated rings. The topological polar surface area (TPSA) is 125 Å². The third-order valence-electron chi connectivity index (χ3n) is 3.76. The van der Waals surface area contributed by atoms with Crippen molar-refractivity contribution in [3.05, 3.63) is 62.7 Å². The molecule has 1 heterocycles. The summed E-state index contributed by atoms with van der Waals surface area (Å²) in [6, 6.07) is 8.39. The Morgan fingerprint density at radius 1 is 1.22 bits per heavy atom. The van der Waals surface area contributed by atoms with E-state index in [9.17, 15) is 24.8 Å². The minimum Gasteiger partial charge on any atom is -0.865 e. The Balaban J connectivity index is 2.01. The lowest BCUT2D eigenvalue weighted by Gasteiger charge is -2.14. The molecule has 0 saturated carbocycles. The molecular weight excluding hydrogens is 378 g/mol. The van der Waals surface area contributed by atoms with Crippen molar-refractivity contribution < 1.29 is 24.4 Å². The van der Waals surface area contributed by atoms with Gasteiger partial charge in [0, 0.05) is 16.8 Å². The fourth-order valence-electron chi connectivity index (χ4n) is 2.47. The van der Waals surface area contributed by atoms with E-state index < -0.39 is 28.2 Å². The van der Waals surface area contributed by atoms with Gasteiger partial charge in [0.05, 0.1) is 17.7 Å². The number of methoxy groups -OCH3 is 1. The summed E-state index contributed by atoms with van der Waals surface area (Å²) in [5, 5.41) is 24.4. The molecule has 9 nitrogen and oxygen atoms in total. The van der Waals surface area contributed by atoms with E-state index in [2.05, 4.69) is 5.43 Å². The zero-order valence-electron chi connectivity index (χ0n) is 13.8. The number of nitro groups is 1. The highest BCUT2D eigenvalue weighted by molar-refractivity contribution is 6.32. The van der Waals surface area contributed by atoms with Gasteiger partial charge in [0.15, 0.2) is 0 Å². The molecule has 0 unspecified atom stereocenters. The minimum atomic E-state index is -0.894. The minimum absolute atomic E-state index is 0.106. The van der Waals surface area contributed by atoms with Crippen LogP contribution < -0.4 is 20.3 Å². The lowest BCUT2D eigenvalue weighted by molar-refractivity contribution is -0.398. The van der Waals surface area contributed by atoms with Crippen molar-refractivity contribution in [2.75, 3.05) is 12.1 Å². The predicted octanol–water partition coefficient (Wildman–Crippen LogP) is 1.79. The normalized spacial score (nSPS) is 15.2. The van der Waals surface area contributed by atoms with E-state index in [0.29, 0.717) is 10.7 Å². The van der Waals surface area contributed by atoms with E-state index in [1.807, 2.05) is 0 Å². The van der Waals surface area contributed by atoms with Crippen LogP contribution in [-0.4, -0.2) is 23.8 Å². The fraction of sp³-hybridized carbons (Fsp3) is 0.0588. The van der Waals surface area contributed by atoms with Gasteiger partial charge in [-0.3, -0.25) is 25.1 Å². The molecule has 1 saturated heterocycles. The molecule has 1 aliphatic heterocycles. The molecule has 1 aliphatic rings. The standard InChI is InChI=1S/C17H12ClN3O6/c1-27-14-8-9(7-13(15(14)22)21(25)26)6-12-16(23)19-20(17(12)24)11-4-2-10(18)3-5-11/h2-8,22H,1H3,(H,19,23)/p-1/b12-6+. The third kappa shape index (κ3) is 3.40. The molecule has 0 bridgehead atoms. The van der Waals surface area contributed by atoms with E-state index in [1.54, 1.807) is 24.3 Å². The summed E-state index contributed by atoms with van der Waals surface area (Å²) in [5.41, 5.74) is 1.92. The van der Waals surface area contributed by atoms with Crippen LogP contribution in [0.1, 0.15) is 5.56 Å². The summed E-state index contributed by atoms with van der Waals surface area (Å²) in [6.45, 7) is 0. The Morgan fingerprint density at radius 2 is 1.89 bits per heavy atom. The first-order valence-electron chi connectivity index (χ1n) is 7.48. The zero-order chi connectivity index (χ0) is 19.7. The lowest BCUT2D eigenvalue weighted by atomic mass is 10.1. The number of ether oxygens (including phenoxy) is 1. The summed E-state index contributed by atoms with van der Waals surface area (Å²) >= 11 is 5.81. The molecule has 2 amide bonds. The number of carbonyl (C=O) groups is 2. The highest BCUT2D eigenvalue weighted by Crippen LogP contribution is 2.35. The van der Waals surface area contributed by atoms with Crippen LogP contribution in [0.5, 0.6) is 11.5 Å². The molecule has 0 aromatic heterocycles. The number of hydrazine groups is 1. The molecule has 0 atom stereocenters. The van der Waals surface area contributed by atoms with Gasteiger partial charge in [0.1, 0.15) is 11.3 Å². The number of carbonyl (C=O) groups excluding carboxylic acids is 2. The van der Waals surface area contributed by atoms with Crippen molar-refractivity contribution in [3.8, 4) is 11.5 Å². The summed E-state index contributed by atoms with van der Waals surface area (Å²) in [4.78, 5) is 34.9. The van der Waals surface area contributed by atoms with E-state index in [1.165, 1.54) is 13.2 Å². The van der Waals surface area contributed by atoms with Gasteiger partial charge >= 0.3 is 0 Å². The Labute approximate surface area is 157 Å². The van der Waals surface area contributed by atoms with Crippen molar-refractivity contribution in [2.45, 2.75) is 0 Å². The number of rotatable bonds is 4. The summed E-state index contributed by atoms with van der Waals surface area (Å²) < 4.78 is 4.84. The first kappa shape index (κ1) is 18.2. The van der Waals surface area contributed by atoms with Crippen LogP contribution in [0.25, 0.3) is 6.08 Å². The van der Waals surface area contributed by atoms with E-state index >= 15 is 0 Å². The molecule has 10 heteroatoms. The molecule has 2 aromatic rings. The van der Waals surface area contributed by atoms with Crippen LogP contribution in [0.2, 0.25) is 5.02 Å². The first-order chi connectivity index (χ1) is 12.8. The molecule has 2 aromatic carbocycles. The van der Waals surface area contributed by atoms with Crippen LogP contribution >= 0.6 is 11.6 Å². The molecule has 0 spiro atoms. The molecule has 138 valence electrons. The number of benzene rings is 2. The van der Waals surface area contributed by atoms with Gasteiger partial charge in [-0.15, -0.1) is 0 Å². The SMILES string of the molecule is COc1cc(/C=C2\C(=O)NN(c3ccc(Cl)cc3)C2=O)cc([N+](=O)[O-])c1[O-]. The largest absolute Gasteiger partial charge is 0.865 e. The second-order valence-corrected chi connectivity index (χ2v) is 5.88. The molecular formula is C17H11ClN3O6-. The monoisotopic (exact) mass is 388 g/mol. The second kappa shape index (κ2) is 6.96. The number of hydrogen-bond acceptors (Lipinski definition) is 6. The molecule has 0 aliphatic carbocycles. The number of anilines is 1. The molecule has 27 heavy (non-hydrogen) atoms. The van der Waals surface area contributed by atoms with Crippen LogP contribution in [0.3, 0.4) is 0 Å². The average molecular weight is 389 g/mol. The van der Waals surface area contributed by atoms with Crippen molar-refractivity contribution in [2.24, 2.45) is 0 Å². The lowest BCUT2D eigenvalue weighted by Crippen LogP contribution is -2.35. The molecule has 1 N–H and O–H groups in total. The maximum absolute atomic E-state index is 12.6. The Hall–Kier alpha value is -3.59. The summed E-state index contributed by atoms with van der Waals surface area (Å²) in [5.74, 6) is -2.51. The number of amides is 2. The quantitative estimate of drug-likeness (QED) is 0.368. The fourth-order valence-corrected chi connectivity index (χ4v) is 2.60. The van der Waals surface area contributed by atoms with E-state index in [-0.39, 0.29) is 16.9 Å². The Kier molecular flexibility index (Phi) is 4.70. The van der Waals surface area contributed by atoms with Gasteiger partial charge in [0.25, 0.3) is 17.5 Å². The van der Waals surface area contributed by atoms with Crippen molar-refractivity contribution in [1.82, 2.24) is 5.43 Å². The highest BCUT2D eigenvalue weighted by atomic mass is 35.5. The smallest absolute Gasteiger partial charge is 0.282 e. The zero-order valence-corrected chi connectivity index (χ0v) is 14.5. The Bertz CT molecular complexity index is 987. The number of nitrogens with one attached hydrogen (secondary N) is 1. The third-order valence-corrected chi connectivity index (χ3v) is 4.01. The number of hydrogen-bond donors (Lipinski definition) is 1. The highest BCUT2D eigenvalue weighted by Gasteiger charge is 2.34. The second-order valence-electron chi connectivity index (χ2n) is 5.44. The van der Waals surface area contributed by atoms with Crippen LogP contribution in [0.15, 0.2) is 42.0 Å². The van der Waals surface area contributed by atoms with Gasteiger partial charge in [-0.25, -0.2) is 5.01 Å². The van der Waals surface area contributed by atoms with Crippen LogP contribution in [0.4, 0.5) is 11.4 Å². The van der Waals surface area contributed by atoms with Gasteiger partial charge in [-0.05, 0) is 42.0 Å². The number of halogens is 1. The maximum Gasteiger partial charge on any atom is 0.282 e. The van der Waals surface area contributed by atoms with Crippen LogP contribution in [0, 0.1) is 10.1 Å². The average Bonchev–Trinajstić information content (AvgIpc) is 2.91. The van der Waals surface area contributed by atoms with Gasteiger partial charge in [-0.2, -0.15) is 0 Å². The maximum atomic E-state index is 12.6. The van der Waals surface area contributed by atoms with Crippen LogP contribution in [-0.2, 0) is 9.59 Å². The van der Waals surface area contributed by atoms with Crippen molar-refractivity contribution in [3.63, 3.8) is 0 Å². The van der Waals surface area contributed by atoms with Gasteiger partial charge < -0.3 is 9.84 Å². The molecule has 3 rings (SSSR count). The van der Waals surface area contributed by atoms with Gasteiger partial charge in [-0.1, -0.05) is 11.6 Å². The number of nitrogens with zero attached hydrogens (tertiary/aromatic N) is 2. The molecule has 0 radical (unpaired) electrons. The number of nitro benzene ring substituents is 1. The first-order valence-corrected chi connectivity index (χ1v) is 7.85. The van der Waals surface area contributed by atoms with E-state index in [4.69, 9.17) is 16.3 Å². The van der Waals surface area contributed by atoms with Crippen molar-refractivity contribution >= 4 is 40.9 Å². The predicted molar refractivity (Wildman–Crippen MR) is 94.2 cm³/mol. The summed E-state index contributed by atoms with van der Waals surface area (Å²) in [6.07, 6.45) is 1.16. The van der Waals surface area contributed by atoms with Crippen molar-refractivity contribution in [1.29, 1.82) is 0 Å². The van der Waals surface area contributed by atoms with Gasteiger partial charge in [0.2, 0.25) is 0 Å².